The van der Waals surface area contributed by atoms with Gasteiger partial charge in [0, 0.05) is 10.4 Å². The summed E-state index contributed by atoms with van der Waals surface area (Å²) in [5.74, 6) is 0. The van der Waals surface area contributed by atoms with Gasteiger partial charge in [-0.05, 0) is 18.3 Å². The lowest BCUT2D eigenvalue weighted by Crippen LogP contribution is -2.10. The van der Waals surface area contributed by atoms with Gasteiger partial charge in [0.25, 0.3) is 0 Å². The van der Waals surface area contributed by atoms with Gasteiger partial charge in [0.05, 0.1) is 0 Å². The highest BCUT2D eigenvalue weighted by Crippen LogP contribution is 2.65. The number of allylic oxidation sites excluding steroid dienone is 1. The second-order valence-corrected chi connectivity index (χ2v) is 4.56. The summed E-state index contributed by atoms with van der Waals surface area (Å²) in [5, 5.41) is 0.586. The van der Waals surface area contributed by atoms with E-state index in [0.29, 0.717) is 11.5 Å². The maximum Gasteiger partial charge on any atom is 0.127 e. The van der Waals surface area contributed by atoms with Crippen LogP contribution < -0.4 is 0 Å². The van der Waals surface area contributed by atoms with E-state index in [1.807, 2.05) is 0 Å². The van der Waals surface area contributed by atoms with Crippen LogP contribution in [0.25, 0.3) is 0 Å². The fraction of sp³-hybridized carbons (Fsp3) is 0.667. The number of rotatable bonds is 3. The van der Waals surface area contributed by atoms with Crippen molar-refractivity contribution < 1.29 is 4.79 Å². The van der Waals surface area contributed by atoms with Gasteiger partial charge >= 0.3 is 0 Å². The van der Waals surface area contributed by atoms with Crippen LogP contribution in [0.1, 0.15) is 26.7 Å². The Balaban J connectivity index is 2.68. The Morgan fingerprint density at radius 2 is 2.18 bits per heavy atom. The van der Waals surface area contributed by atoms with Crippen LogP contribution in [0, 0.1) is 10.8 Å². The normalized spacial score (nSPS) is 33.0. The number of aldehydes is 1. The van der Waals surface area contributed by atoms with Crippen LogP contribution in [0.5, 0.6) is 0 Å². The quantitative estimate of drug-likeness (QED) is 0.599. The third-order valence-corrected chi connectivity index (χ3v) is 2.85. The molecule has 1 aliphatic carbocycles. The van der Waals surface area contributed by atoms with Gasteiger partial charge in [-0.1, -0.05) is 32.0 Å². The monoisotopic (exact) mass is 172 g/mol. The first-order valence-corrected chi connectivity index (χ1v) is 4.11. The maximum atomic E-state index is 10.7. The molecule has 1 nitrogen and oxygen atoms in total. The van der Waals surface area contributed by atoms with Crippen LogP contribution in [-0.4, -0.2) is 6.29 Å². The molecule has 11 heavy (non-hydrogen) atoms. The van der Waals surface area contributed by atoms with Crippen molar-refractivity contribution in [2.45, 2.75) is 26.7 Å². The van der Waals surface area contributed by atoms with E-state index in [1.165, 1.54) is 0 Å². The fourth-order valence-electron chi connectivity index (χ4n) is 1.63. The van der Waals surface area contributed by atoms with E-state index in [1.54, 1.807) is 0 Å². The van der Waals surface area contributed by atoms with Crippen molar-refractivity contribution in [1.29, 1.82) is 0 Å². The van der Waals surface area contributed by atoms with E-state index in [-0.39, 0.29) is 10.8 Å². The molecule has 1 fully saturated rings. The minimum atomic E-state index is -0.203. The molecule has 0 spiro atoms. The maximum absolute atomic E-state index is 10.7. The highest BCUT2D eigenvalue weighted by atomic mass is 35.5. The molecule has 1 unspecified atom stereocenters. The molecule has 0 radical (unpaired) electrons. The van der Waals surface area contributed by atoms with E-state index >= 15 is 0 Å². The topological polar surface area (TPSA) is 17.1 Å². The van der Waals surface area contributed by atoms with Crippen LogP contribution in [-0.2, 0) is 4.79 Å². The first kappa shape index (κ1) is 8.79. The van der Waals surface area contributed by atoms with Gasteiger partial charge in [-0.3, -0.25) is 0 Å². The zero-order chi connectivity index (χ0) is 8.70. The molecule has 1 saturated carbocycles. The van der Waals surface area contributed by atoms with Crippen molar-refractivity contribution in [1.82, 2.24) is 0 Å². The SMILES string of the molecule is C=C(Cl)CC1(C=O)CC1(C)C. The van der Waals surface area contributed by atoms with Gasteiger partial charge < -0.3 is 4.79 Å². The average Bonchev–Trinajstić information content (AvgIpc) is 2.33. The molecule has 2 heteroatoms. The Morgan fingerprint density at radius 1 is 1.73 bits per heavy atom. The summed E-state index contributed by atoms with van der Waals surface area (Å²) in [5.41, 5.74) is -0.0710. The summed E-state index contributed by atoms with van der Waals surface area (Å²) < 4.78 is 0. The van der Waals surface area contributed by atoms with Crippen LogP contribution >= 0.6 is 11.6 Å². The molecule has 1 rings (SSSR count). The molecule has 0 saturated heterocycles. The first-order valence-electron chi connectivity index (χ1n) is 3.73. The standard InChI is InChI=1S/C9H13ClO/c1-7(10)4-9(6-11)5-8(9,2)3/h6H,1,4-5H2,2-3H3. The highest BCUT2D eigenvalue weighted by Gasteiger charge is 2.60. The molecular weight excluding hydrogens is 160 g/mol. The van der Waals surface area contributed by atoms with Gasteiger partial charge in [-0.15, -0.1) is 0 Å². The molecule has 1 atom stereocenters. The van der Waals surface area contributed by atoms with E-state index in [2.05, 4.69) is 20.4 Å². The fourth-order valence-corrected chi connectivity index (χ4v) is 1.87. The number of carbonyl (C=O) groups excluding carboxylic acids is 1. The van der Waals surface area contributed by atoms with Crippen LogP contribution in [0.4, 0.5) is 0 Å². The molecule has 0 aromatic carbocycles. The minimum Gasteiger partial charge on any atom is -0.303 e. The second kappa shape index (κ2) is 2.34. The van der Waals surface area contributed by atoms with E-state index in [0.717, 1.165) is 12.7 Å². The van der Waals surface area contributed by atoms with Crippen molar-refractivity contribution in [3.63, 3.8) is 0 Å². The zero-order valence-electron chi connectivity index (χ0n) is 6.98. The molecule has 0 bridgehead atoms. The van der Waals surface area contributed by atoms with Crippen molar-refractivity contribution in [2.75, 3.05) is 0 Å². The number of halogens is 1. The molecule has 0 aromatic heterocycles. The summed E-state index contributed by atoms with van der Waals surface area (Å²) in [6, 6.07) is 0. The lowest BCUT2D eigenvalue weighted by atomic mass is 9.94. The largest absolute Gasteiger partial charge is 0.303 e. The predicted octanol–water partition coefficient (Wildman–Crippen LogP) is 2.74. The number of carbonyl (C=O) groups is 1. The lowest BCUT2D eigenvalue weighted by molar-refractivity contribution is -0.113. The molecule has 0 N–H and O–H groups in total. The van der Waals surface area contributed by atoms with E-state index < -0.39 is 0 Å². The highest BCUT2D eigenvalue weighted by molar-refractivity contribution is 6.29. The summed E-state index contributed by atoms with van der Waals surface area (Å²) in [7, 11) is 0. The third kappa shape index (κ3) is 1.34. The van der Waals surface area contributed by atoms with Crippen molar-refractivity contribution in [2.24, 2.45) is 10.8 Å². The van der Waals surface area contributed by atoms with Gasteiger partial charge in [-0.2, -0.15) is 0 Å². The van der Waals surface area contributed by atoms with Crippen LogP contribution in [0.2, 0.25) is 0 Å². The Bertz CT molecular complexity index is 208. The van der Waals surface area contributed by atoms with Crippen LogP contribution in [0.15, 0.2) is 11.6 Å². The molecule has 62 valence electrons. The first-order chi connectivity index (χ1) is 4.93. The third-order valence-electron chi connectivity index (χ3n) is 2.71. The van der Waals surface area contributed by atoms with Crippen molar-refractivity contribution in [3.8, 4) is 0 Å². The lowest BCUT2D eigenvalue weighted by Gasteiger charge is -2.11. The smallest absolute Gasteiger partial charge is 0.127 e. The Morgan fingerprint density at radius 3 is 2.27 bits per heavy atom. The predicted molar refractivity (Wildman–Crippen MR) is 46.5 cm³/mol. The molecule has 0 aromatic rings. The van der Waals surface area contributed by atoms with Gasteiger partial charge in [0.2, 0.25) is 0 Å². The van der Waals surface area contributed by atoms with Gasteiger partial charge in [0.15, 0.2) is 0 Å². The zero-order valence-corrected chi connectivity index (χ0v) is 7.74. The molecular formula is C9H13ClO. The minimum absolute atomic E-state index is 0.132. The summed E-state index contributed by atoms with van der Waals surface area (Å²) in [4.78, 5) is 10.7. The van der Waals surface area contributed by atoms with Crippen LogP contribution in [0.3, 0.4) is 0 Å². The number of hydrogen-bond donors (Lipinski definition) is 0. The van der Waals surface area contributed by atoms with Crippen molar-refractivity contribution >= 4 is 17.9 Å². The Kier molecular flexibility index (Phi) is 1.87. The second-order valence-electron chi connectivity index (χ2n) is 4.03. The number of hydrogen-bond acceptors (Lipinski definition) is 1. The Hall–Kier alpha value is -0.300. The van der Waals surface area contributed by atoms with Gasteiger partial charge in [-0.25, -0.2) is 0 Å². The summed E-state index contributed by atoms with van der Waals surface area (Å²) in [6.07, 6.45) is 2.60. The summed E-state index contributed by atoms with van der Waals surface area (Å²) in [6.45, 7) is 7.77. The van der Waals surface area contributed by atoms with E-state index in [9.17, 15) is 4.79 Å². The molecule has 1 aliphatic rings. The average molecular weight is 173 g/mol. The molecule has 0 heterocycles. The Labute approximate surface area is 72.4 Å². The summed E-state index contributed by atoms with van der Waals surface area (Å²) >= 11 is 5.65. The van der Waals surface area contributed by atoms with Crippen molar-refractivity contribution in [3.05, 3.63) is 11.6 Å². The van der Waals surface area contributed by atoms with E-state index in [4.69, 9.17) is 11.6 Å². The molecule has 0 aliphatic heterocycles. The van der Waals surface area contributed by atoms with Gasteiger partial charge in [0.1, 0.15) is 6.29 Å². The molecule has 0 amide bonds.